The van der Waals surface area contributed by atoms with Crippen molar-refractivity contribution in [1.82, 2.24) is 0 Å². The lowest BCUT2D eigenvalue weighted by atomic mass is 9.98. The Morgan fingerprint density at radius 1 is 1.67 bits per heavy atom. The predicted octanol–water partition coefficient (Wildman–Crippen LogP) is 2.07. The zero-order valence-electron chi connectivity index (χ0n) is 6.88. The average Bonchev–Trinajstić information content (AvgIpc) is 2.36. The van der Waals surface area contributed by atoms with E-state index < -0.39 is 5.54 Å². The van der Waals surface area contributed by atoms with Gasteiger partial charge in [-0.1, -0.05) is 0 Å². The summed E-state index contributed by atoms with van der Waals surface area (Å²) in [5.41, 5.74) is 5.59. The number of hydrogen-bond acceptors (Lipinski definition) is 3. The van der Waals surface area contributed by atoms with E-state index in [0.717, 1.165) is 8.66 Å². The Balaban J connectivity index is 2.81. The van der Waals surface area contributed by atoms with Gasteiger partial charge in [-0.05, 0) is 41.4 Å². The monoisotopic (exact) mass is 249 g/mol. The minimum absolute atomic E-state index is 0.127. The van der Waals surface area contributed by atoms with E-state index in [9.17, 15) is 0 Å². The van der Waals surface area contributed by atoms with Crippen LogP contribution in [0, 0.1) is 0 Å². The Hall–Kier alpha value is 0.1000. The van der Waals surface area contributed by atoms with Gasteiger partial charge in [0, 0.05) is 17.0 Å². The number of hydrogen-bond donors (Lipinski definition) is 2. The maximum atomic E-state index is 8.78. The van der Waals surface area contributed by atoms with Crippen molar-refractivity contribution in [2.45, 2.75) is 18.9 Å². The third kappa shape index (κ3) is 2.29. The van der Waals surface area contributed by atoms with Crippen LogP contribution in [0.25, 0.3) is 0 Å². The lowest BCUT2D eigenvalue weighted by Crippen LogP contribution is -2.32. The van der Waals surface area contributed by atoms with Gasteiger partial charge in [0.2, 0.25) is 0 Å². The fourth-order valence-corrected chi connectivity index (χ4v) is 2.45. The molecular formula is C8H12BrNOS. The summed E-state index contributed by atoms with van der Waals surface area (Å²) >= 11 is 4.99. The smallest absolute Gasteiger partial charge is 0.0702 e. The fraction of sp³-hybridized carbons (Fsp3) is 0.500. The summed E-state index contributed by atoms with van der Waals surface area (Å²) in [6.07, 6.45) is 0.597. The zero-order valence-corrected chi connectivity index (χ0v) is 9.28. The summed E-state index contributed by atoms with van der Waals surface area (Å²) in [6.45, 7) is 2.06. The summed E-state index contributed by atoms with van der Waals surface area (Å²) in [5.74, 6) is 0. The van der Waals surface area contributed by atoms with E-state index in [1.54, 1.807) is 11.3 Å². The molecule has 0 spiro atoms. The normalized spacial score (nSPS) is 16.0. The Morgan fingerprint density at radius 2 is 2.33 bits per heavy atom. The zero-order chi connectivity index (χ0) is 9.19. The third-order valence-electron chi connectivity index (χ3n) is 1.77. The molecule has 0 radical (unpaired) electrons. The van der Waals surface area contributed by atoms with Crippen molar-refractivity contribution in [2.24, 2.45) is 5.73 Å². The molecule has 0 aliphatic carbocycles. The summed E-state index contributed by atoms with van der Waals surface area (Å²) < 4.78 is 1.08. The van der Waals surface area contributed by atoms with Crippen LogP contribution in [-0.2, 0) is 5.54 Å². The number of halogens is 1. The van der Waals surface area contributed by atoms with Gasteiger partial charge in [0.25, 0.3) is 0 Å². The van der Waals surface area contributed by atoms with Crippen LogP contribution in [0.2, 0.25) is 0 Å². The van der Waals surface area contributed by atoms with Crippen molar-refractivity contribution in [3.63, 3.8) is 0 Å². The molecule has 3 N–H and O–H groups in total. The van der Waals surface area contributed by atoms with Crippen LogP contribution in [-0.4, -0.2) is 11.7 Å². The SMILES string of the molecule is CC(N)(CCO)c1ccc(Br)s1. The Bertz CT molecular complexity index is 259. The molecule has 4 heteroatoms. The van der Waals surface area contributed by atoms with Crippen LogP contribution in [0.3, 0.4) is 0 Å². The first-order valence-corrected chi connectivity index (χ1v) is 5.33. The second kappa shape index (κ2) is 3.87. The van der Waals surface area contributed by atoms with Crippen molar-refractivity contribution >= 4 is 27.3 Å². The molecule has 1 rings (SSSR count). The van der Waals surface area contributed by atoms with E-state index in [2.05, 4.69) is 15.9 Å². The Labute approximate surface area is 84.5 Å². The van der Waals surface area contributed by atoms with E-state index in [1.807, 2.05) is 19.1 Å². The first-order chi connectivity index (χ1) is 5.56. The molecular weight excluding hydrogens is 238 g/mol. The summed E-state index contributed by atoms with van der Waals surface area (Å²) in [4.78, 5) is 1.10. The minimum atomic E-state index is -0.397. The molecule has 0 aromatic carbocycles. The molecule has 12 heavy (non-hydrogen) atoms. The standard InChI is InChI=1S/C8H12BrNOS/c1-8(10,4-5-11)6-2-3-7(9)12-6/h2-3,11H,4-5,10H2,1H3. The molecule has 0 aliphatic rings. The molecule has 1 unspecified atom stereocenters. The van der Waals surface area contributed by atoms with Crippen molar-refractivity contribution in [1.29, 1.82) is 0 Å². The summed E-state index contributed by atoms with van der Waals surface area (Å²) in [7, 11) is 0. The molecule has 1 atom stereocenters. The molecule has 1 aromatic heterocycles. The first-order valence-electron chi connectivity index (χ1n) is 3.72. The van der Waals surface area contributed by atoms with Gasteiger partial charge in [0.1, 0.15) is 0 Å². The number of aliphatic hydroxyl groups is 1. The second-order valence-corrected chi connectivity index (χ2v) is 5.46. The maximum absolute atomic E-state index is 8.78. The molecule has 0 amide bonds. The van der Waals surface area contributed by atoms with Crippen LogP contribution in [0.1, 0.15) is 18.2 Å². The molecule has 0 fully saturated rings. The van der Waals surface area contributed by atoms with Crippen LogP contribution in [0.15, 0.2) is 15.9 Å². The number of aliphatic hydroxyl groups excluding tert-OH is 1. The molecule has 68 valence electrons. The molecule has 0 aliphatic heterocycles. The van der Waals surface area contributed by atoms with Crippen molar-refractivity contribution in [2.75, 3.05) is 6.61 Å². The van der Waals surface area contributed by atoms with E-state index in [-0.39, 0.29) is 6.61 Å². The lowest BCUT2D eigenvalue weighted by Gasteiger charge is -2.21. The third-order valence-corrected chi connectivity index (χ3v) is 3.67. The lowest BCUT2D eigenvalue weighted by molar-refractivity contribution is 0.249. The molecule has 1 aromatic rings. The molecule has 0 saturated carbocycles. The quantitative estimate of drug-likeness (QED) is 0.862. The van der Waals surface area contributed by atoms with Gasteiger partial charge < -0.3 is 10.8 Å². The topological polar surface area (TPSA) is 46.2 Å². The highest BCUT2D eigenvalue weighted by atomic mass is 79.9. The van der Waals surface area contributed by atoms with Crippen LogP contribution < -0.4 is 5.73 Å². The van der Waals surface area contributed by atoms with E-state index >= 15 is 0 Å². The van der Waals surface area contributed by atoms with Gasteiger partial charge >= 0.3 is 0 Å². The minimum Gasteiger partial charge on any atom is -0.396 e. The number of rotatable bonds is 3. The molecule has 0 bridgehead atoms. The van der Waals surface area contributed by atoms with Crippen LogP contribution >= 0.6 is 27.3 Å². The Morgan fingerprint density at radius 3 is 2.75 bits per heavy atom. The highest BCUT2D eigenvalue weighted by Gasteiger charge is 2.21. The van der Waals surface area contributed by atoms with E-state index in [0.29, 0.717) is 6.42 Å². The predicted molar refractivity (Wildman–Crippen MR) is 55.3 cm³/mol. The summed E-state index contributed by atoms with van der Waals surface area (Å²) in [5, 5.41) is 8.78. The largest absolute Gasteiger partial charge is 0.396 e. The Kier molecular flexibility index (Phi) is 3.29. The van der Waals surface area contributed by atoms with E-state index in [4.69, 9.17) is 10.8 Å². The maximum Gasteiger partial charge on any atom is 0.0702 e. The van der Waals surface area contributed by atoms with Gasteiger partial charge in [0.05, 0.1) is 3.79 Å². The first kappa shape index (κ1) is 10.2. The molecule has 0 saturated heterocycles. The van der Waals surface area contributed by atoms with Crippen LogP contribution in [0.5, 0.6) is 0 Å². The van der Waals surface area contributed by atoms with Gasteiger partial charge in [0.15, 0.2) is 0 Å². The van der Waals surface area contributed by atoms with Crippen molar-refractivity contribution in [3.05, 3.63) is 20.8 Å². The van der Waals surface area contributed by atoms with Gasteiger partial charge in [-0.2, -0.15) is 0 Å². The fourth-order valence-electron chi connectivity index (χ4n) is 0.977. The second-order valence-electron chi connectivity index (χ2n) is 2.99. The van der Waals surface area contributed by atoms with Crippen LogP contribution in [0.4, 0.5) is 0 Å². The molecule has 1 heterocycles. The highest BCUT2D eigenvalue weighted by molar-refractivity contribution is 9.11. The van der Waals surface area contributed by atoms with Crippen molar-refractivity contribution in [3.8, 4) is 0 Å². The highest BCUT2D eigenvalue weighted by Crippen LogP contribution is 2.31. The van der Waals surface area contributed by atoms with E-state index in [1.165, 1.54) is 0 Å². The average molecular weight is 250 g/mol. The number of nitrogens with two attached hydrogens (primary N) is 1. The number of thiophene rings is 1. The van der Waals surface area contributed by atoms with Gasteiger partial charge in [-0.25, -0.2) is 0 Å². The molecule has 2 nitrogen and oxygen atoms in total. The summed E-state index contributed by atoms with van der Waals surface area (Å²) in [6, 6.07) is 3.97. The van der Waals surface area contributed by atoms with Gasteiger partial charge in [-0.3, -0.25) is 0 Å². The van der Waals surface area contributed by atoms with Crippen molar-refractivity contribution < 1.29 is 5.11 Å². The van der Waals surface area contributed by atoms with Gasteiger partial charge in [-0.15, -0.1) is 11.3 Å².